The number of rotatable bonds is 9. The molecule has 0 radical (unpaired) electrons. The minimum atomic E-state index is 0.422. The molecular weight excluding hydrogens is 365 g/mol. The first-order valence-corrected chi connectivity index (χ1v) is 8.37. The lowest BCUT2D eigenvalue weighted by Gasteiger charge is -2.25. The molecule has 0 fully saturated rings. The van der Waals surface area contributed by atoms with Crippen molar-refractivity contribution in [1.29, 1.82) is 0 Å². The zero-order valence-electron chi connectivity index (χ0n) is 14.1. The molecule has 2 aromatic rings. The first-order chi connectivity index (χ1) is 12.0. The van der Waals surface area contributed by atoms with Crippen molar-refractivity contribution >= 4 is 46.2 Å². The van der Waals surface area contributed by atoms with Gasteiger partial charge in [0.25, 0.3) is 0 Å². The van der Waals surface area contributed by atoms with Gasteiger partial charge in [0, 0.05) is 43.0 Å². The van der Waals surface area contributed by atoms with Gasteiger partial charge in [0.1, 0.15) is 12.0 Å². The van der Waals surface area contributed by atoms with E-state index in [1.165, 1.54) is 6.33 Å². The lowest BCUT2D eigenvalue weighted by molar-refractivity contribution is 0.190. The summed E-state index contributed by atoms with van der Waals surface area (Å²) in [6.07, 6.45) is 1.45. The average molecular weight is 386 g/mol. The maximum absolute atomic E-state index is 6.27. The summed E-state index contributed by atoms with van der Waals surface area (Å²) >= 11 is 12.1. The number of methoxy groups -OCH3 is 2. The van der Waals surface area contributed by atoms with Crippen LogP contribution >= 0.6 is 23.2 Å². The zero-order valence-corrected chi connectivity index (χ0v) is 15.6. The summed E-state index contributed by atoms with van der Waals surface area (Å²) in [7, 11) is 3.29. The van der Waals surface area contributed by atoms with Gasteiger partial charge in [0.05, 0.1) is 13.2 Å². The van der Waals surface area contributed by atoms with Crippen LogP contribution < -0.4 is 16.0 Å². The maximum atomic E-state index is 6.27. The van der Waals surface area contributed by atoms with Gasteiger partial charge in [-0.1, -0.05) is 23.2 Å². The average Bonchev–Trinajstić information content (AvgIpc) is 2.56. The van der Waals surface area contributed by atoms with Crippen molar-refractivity contribution in [2.24, 2.45) is 0 Å². The van der Waals surface area contributed by atoms with Gasteiger partial charge < -0.3 is 25.4 Å². The molecule has 25 heavy (non-hydrogen) atoms. The lowest BCUT2D eigenvalue weighted by atomic mass is 10.3. The third-order valence-electron chi connectivity index (χ3n) is 3.42. The molecular formula is C16H21Cl2N5O2. The van der Waals surface area contributed by atoms with E-state index >= 15 is 0 Å². The number of aromatic nitrogens is 2. The number of anilines is 4. The molecule has 0 atom stereocenters. The molecule has 0 aliphatic carbocycles. The molecule has 0 aliphatic heterocycles. The van der Waals surface area contributed by atoms with E-state index in [1.807, 2.05) is 4.90 Å². The molecule has 0 aliphatic rings. The van der Waals surface area contributed by atoms with E-state index in [1.54, 1.807) is 32.4 Å². The molecule has 0 saturated carbocycles. The summed E-state index contributed by atoms with van der Waals surface area (Å²) in [6.45, 7) is 2.34. The quantitative estimate of drug-likeness (QED) is 0.685. The molecule has 1 aromatic heterocycles. The Morgan fingerprint density at radius 2 is 1.64 bits per heavy atom. The molecule has 0 unspecified atom stereocenters. The fourth-order valence-corrected chi connectivity index (χ4v) is 2.75. The highest BCUT2D eigenvalue weighted by Crippen LogP contribution is 2.30. The van der Waals surface area contributed by atoms with Crippen LogP contribution in [0.25, 0.3) is 0 Å². The van der Waals surface area contributed by atoms with Crippen LogP contribution in [-0.2, 0) is 9.47 Å². The Hall–Kier alpha value is -1.80. The fourth-order valence-electron chi connectivity index (χ4n) is 2.23. The van der Waals surface area contributed by atoms with Crippen molar-refractivity contribution in [2.75, 3.05) is 56.5 Å². The number of hydrogen-bond donors (Lipinski definition) is 2. The van der Waals surface area contributed by atoms with Gasteiger partial charge in [-0.15, -0.1) is 0 Å². The number of nitrogens with one attached hydrogen (secondary N) is 1. The standard InChI is InChI=1S/C16H21Cl2N5O2/c1-24-5-3-23(4-6-25-2)16-14(19)15(20-10-21-16)22-13-8-11(17)7-12(18)9-13/h7-10H,3-6,19H2,1-2H3,(H,20,21,22). The second kappa shape index (κ2) is 9.62. The van der Waals surface area contributed by atoms with Crippen molar-refractivity contribution in [1.82, 2.24) is 9.97 Å². The van der Waals surface area contributed by atoms with Crippen molar-refractivity contribution in [3.63, 3.8) is 0 Å². The van der Waals surface area contributed by atoms with Gasteiger partial charge in [0.15, 0.2) is 11.6 Å². The Labute approximate surface area is 157 Å². The zero-order chi connectivity index (χ0) is 18.2. The van der Waals surface area contributed by atoms with E-state index in [9.17, 15) is 0 Å². The molecule has 0 saturated heterocycles. The van der Waals surface area contributed by atoms with Gasteiger partial charge in [-0.2, -0.15) is 0 Å². The molecule has 136 valence electrons. The second-order valence-electron chi connectivity index (χ2n) is 5.22. The van der Waals surface area contributed by atoms with Gasteiger partial charge in [0.2, 0.25) is 0 Å². The Morgan fingerprint density at radius 3 is 2.20 bits per heavy atom. The van der Waals surface area contributed by atoms with Crippen molar-refractivity contribution in [2.45, 2.75) is 0 Å². The van der Waals surface area contributed by atoms with Crippen LogP contribution in [0.1, 0.15) is 0 Å². The second-order valence-corrected chi connectivity index (χ2v) is 6.09. The van der Waals surface area contributed by atoms with Gasteiger partial charge in [-0.25, -0.2) is 9.97 Å². The Balaban J connectivity index is 2.27. The first kappa shape index (κ1) is 19.5. The van der Waals surface area contributed by atoms with Gasteiger partial charge in [-0.3, -0.25) is 0 Å². The van der Waals surface area contributed by atoms with Crippen molar-refractivity contribution < 1.29 is 9.47 Å². The summed E-state index contributed by atoms with van der Waals surface area (Å²) in [5.41, 5.74) is 7.39. The maximum Gasteiger partial charge on any atom is 0.159 e. The van der Waals surface area contributed by atoms with E-state index in [0.29, 0.717) is 59.4 Å². The van der Waals surface area contributed by atoms with Crippen LogP contribution in [0.2, 0.25) is 10.0 Å². The molecule has 0 amide bonds. The monoisotopic (exact) mass is 385 g/mol. The Kier molecular flexibility index (Phi) is 7.52. The normalized spacial score (nSPS) is 10.7. The number of benzene rings is 1. The Morgan fingerprint density at radius 1 is 1.04 bits per heavy atom. The summed E-state index contributed by atoms with van der Waals surface area (Å²) < 4.78 is 10.3. The summed E-state index contributed by atoms with van der Waals surface area (Å²) in [6, 6.07) is 5.13. The first-order valence-electron chi connectivity index (χ1n) is 7.61. The lowest BCUT2D eigenvalue weighted by Crippen LogP contribution is -2.32. The van der Waals surface area contributed by atoms with E-state index in [2.05, 4.69) is 15.3 Å². The third-order valence-corrected chi connectivity index (χ3v) is 3.85. The summed E-state index contributed by atoms with van der Waals surface area (Å²) in [4.78, 5) is 10.5. The molecule has 0 spiro atoms. The molecule has 2 rings (SSSR count). The predicted octanol–water partition coefficient (Wildman–Crippen LogP) is 3.21. The van der Waals surface area contributed by atoms with E-state index in [0.717, 1.165) is 0 Å². The highest BCUT2D eigenvalue weighted by Gasteiger charge is 2.15. The number of ether oxygens (including phenoxy) is 2. The number of nitrogens with zero attached hydrogens (tertiary/aromatic N) is 3. The van der Waals surface area contributed by atoms with E-state index < -0.39 is 0 Å². The van der Waals surface area contributed by atoms with Crippen molar-refractivity contribution in [3.8, 4) is 0 Å². The van der Waals surface area contributed by atoms with E-state index in [4.69, 9.17) is 38.4 Å². The SMILES string of the molecule is COCCN(CCOC)c1ncnc(Nc2cc(Cl)cc(Cl)c2)c1N. The molecule has 9 heteroatoms. The number of halogens is 2. The molecule has 3 N–H and O–H groups in total. The minimum Gasteiger partial charge on any atom is -0.393 e. The highest BCUT2D eigenvalue weighted by atomic mass is 35.5. The molecule has 1 heterocycles. The molecule has 1 aromatic carbocycles. The third kappa shape index (κ3) is 5.61. The van der Waals surface area contributed by atoms with Crippen LogP contribution in [-0.4, -0.2) is 50.5 Å². The number of hydrogen-bond acceptors (Lipinski definition) is 7. The van der Waals surface area contributed by atoms with Crippen LogP contribution in [0.15, 0.2) is 24.5 Å². The van der Waals surface area contributed by atoms with Gasteiger partial charge in [-0.05, 0) is 18.2 Å². The highest BCUT2D eigenvalue weighted by molar-refractivity contribution is 6.35. The number of nitrogen functional groups attached to an aromatic ring is 1. The topological polar surface area (TPSA) is 85.5 Å². The van der Waals surface area contributed by atoms with Crippen molar-refractivity contribution in [3.05, 3.63) is 34.6 Å². The Bertz CT molecular complexity index is 674. The number of nitrogens with two attached hydrogens (primary N) is 1. The summed E-state index contributed by atoms with van der Waals surface area (Å²) in [5, 5.41) is 4.16. The predicted molar refractivity (Wildman–Crippen MR) is 102 cm³/mol. The minimum absolute atomic E-state index is 0.422. The summed E-state index contributed by atoms with van der Waals surface area (Å²) in [5.74, 6) is 1.09. The van der Waals surface area contributed by atoms with Crippen LogP contribution in [0.5, 0.6) is 0 Å². The largest absolute Gasteiger partial charge is 0.393 e. The van der Waals surface area contributed by atoms with Crippen LogP contribution in [0.3, 0.4) is 0 Å². The van der Waals surface area contributed by atoms with Crippen LogP contribution in [0.4, 0.5) is 23.0 Å². The molecule has 0 bridgehead atoms. The smallest absolute Gasteiger partial charge is 0.159 e. The van der Waals surface area contributed by atoms with E-state index in [-0.39, 0.29) is 0 Å². The fraction of sp³-hybridized carbons (Fsp3) is 0.375. The van der Waals surface area contributed by atoms with Gasteiger partial charge >= 0.3 is 0 Å². The molecule has 7 nitrogen and oxygen atoms in total. The van der Waals surface area contributed by atoms with Crippen LogP contribution in [0, 0.1) is 0 Å².